The van der Waals surface area contributed by atoms with Crippen LogP contribution in [-0.2, 0) is 11.2 Å². The summed E-state index contributed by atoms with van der Waals surface area (Å²) in [5.74, 6) is 1.57. The average molecular weight is 1020 g/mol. The fourth-order valence-corrected chi connectivity index (χ4v) is 21.2. The summed E-state index contributed by atoms with van der Waals surface area (Å²) >= 11 is 0. The first-order valence-electron chi connectivity index (χ1n) is 30.9. The number of carbonyl (C=O) groups is 1. The topological polar surface area (TPSA) is 102 Å². The van der Waals surface area contributed by atoms with Crippen molar-refractivity contribution in [3.63, 3.8) is 0 Å². The molecule has 4 fully saturated rings. The highest BCUT2D eigenvalue weighted by Crippen LogP contribution is 2.83. The van der Waals surface area contributed by atoms with Gasteiger partial charge in [0, 0.05) is 46.6 Å². The van der Waals surface area contributed by atoms with E-state index in [4.69, 9.17) is 6.58 Å². The molecule has 6 nitrogen and oxygen atoms in total. The maximum Gasteiger partial charge on any atom is 0.306 e. The minimum atomic E-state index is -0.724. The molecule has 17 rings (SSSR count). The number of aliphatic hydroxyl groups excluding tert-OH is 2. The maximum atomic E-state index is 14.3. The van der Waals surface area contributed by atoms with Crippen LogP contribution in [0.2, 0.25) is 0 Å². The molecule has 2 aromatic rings. The van der Waals surface area contributed by atoms with Crippen LogP contribution in [-0.4, -0.2) is 46.6 Å². The van der Waals surface area contributed by atoms with Crippen LogP contribution in [0.1, 0.15) is 174 Å². The van der Waals surface area contributed by atoms with Crippen molar-refractivity contribution >= 4 is 23.2 Å². The maximum absolute atomic E-state index is 14.3. The van der Waals surface area contributed by atoms with E-state index in [1.54, 1.807) is 16.7 Å². The third-order valence-electron chi connectivity index (χ3n) is 24.0. The molecule has 0 amide bonds. The molecule has 9 aliphatic carbocycles. The smallest absolute Gasteiger partial charge is 0.306 e. The number of benzene rings is 2. The Morgan fingerprint density at radius 1 is 0.855 bits per heavy atom. The highest BCUT2D eigenvalue weighted by molar-refractivity contribution is 5.78. The number of rotatable bonds is 5. The third kappa shape index (κ3) is 7.60. The van der Waals surface area contributed by atoms with Gasteiger partial charge in [-0.2, -0.15) is 0 Å². The van der Waals surface area contributed by atoms with Crippen molar-refractivity contribution in [1.29, 1.82) is 0 Å². The number of hydrogen-bond acceptors (Lipinski definition) is 5. The summed E-state index contributed by atoms with van der Waals surface area (Å²) in [4.78, 5) is 14.3. The van der Waals surface area contributed by atoms with Crippen molar-refractivity contribution < 1.29 is 20.1 Å². The summed E-state index contributed by atoms with van der Waals surface area (Å²) in [6.07, 6.45) is 34.0. The van der Waals surface area contributed by atoms with Crippen molar-refractivity contribution in [1.82, 2.24) is 10.6 Å². The number of hydrogen-bond donors (Lipinski definition) is 5. The fourth-order valence-electron chi connectivity index (χ4n) is 21.2. The van der Waals surface area contributed by atoms with Gasteiger partial charge in [0.2, 0.25) is 0 Å². The second kappa shape index (κ2) is 19.2. The summed E-state index contributed by atoms with van der Waals surface area (Å²) in [7, 11) is 0. The van der Waals surface area contributed by atoms with E-state index < -0.39 is 18.0 Å². The van der Waals surface area contributed by atoms with Gasteiger partial charge in [-0.25, -0.2) is 0 Å². The van der Waals surface area contributed by atoms with Crippen LogP contribution >= 0.6 is 0 Å². The molecule has 6 heteroatoms. The molecule has 4 saturated carbocycles. The molecule has 15 aliphatic rings. The van der Waals surface area contributed by atoms with E-state index >= 15 is 0 Å². The lowest BCUT2D eigenvalue weighted by molar-refractivity contribution is -0.167. The van der Waals surface area contributed by atoms with E-state index in [0.717, 1.165) is 96.0 Å². The van der Waals surface area contributed by atoms with Crippen molar-refractivity contribution in [3.05, 3.63) is 135 Å². The standard InChI is InChI=1S/C70H90N2O4/c1-43(2)35-51-28-31-66(4)61(74)30-33-69-57-29-32-67(5)63-54(64(75)76)26-24-44(3)52(46-16-7-6-8-17-46)23-14-34-71-62-27-25-49(42-72-62)47-19-13-15-45(36-47)37-55-53-22-12-9-18-48(53)38-58(69)56(55)39-68(51,65(66)69)40-59(57)70(67,41-60(63)73)50-20-10-11-21-50/h9,12-13,15,18-19,22,25,27-28,36,38-39,43,46,50,52,54,58,60-61,63,65,71-74H,3,6-8,10-11,14,16-17,20-21,23-24,26,29-35,37,40-42H2,1-2,4-5H3,(H,75,76). The first kappa shape index (κ1) is 51.1. The van der Waals surface area contributed by atoms with Crippen molar-refractivity contribution in [2.75, 3.05) is 13.1 Å². The Kier molecular flexibility index (Phi) is 12.9. The quantitative estimate of drug-likeness (QED) is 0.191. The van der Waals surface area contributed by atoms with E-state index in [1.807, 2.05) is 0 Å². The third-order valence-corrected chi connectivity index (χ3v) is 24.0. The molecule has 0 saturated heterocycles. The lowest BCUT2D eigenvalue weighted by Gasteiger charge is -2.74. The molecule has 0 radical (unpaired) electrons. The number of carboxylic acid groups (broad SMARTS) is 1. The van der Waals surface area contributed by atoms with Crippen LogP contribution in [0.25, 0.3) is 17.2 Å². The number of fused-ring (bicyclic) bond motifs is 1. The van der Waals surface area contributed by atoms with Gasteiger partial charge in [-0.05, 0) is 189 Å². The molecule has 6 aliphatic heterocycles. The molecule has 0 aromatic heterocycles. The molecule has 12 unspecified atom stereocenters. The van der Waals surface area contributed by atoms with Crippen molar-refractivity contribution in [2.24, 2.45) is 74.4 Å². The summed E-state index contributed by atoms with van der Waals surface area (Å²) in [6.45, 7) is 16.3. The van der Waals surface area contributed by atoms with Crippen LogP contribution in [0.15, 0.2) is 113 Å². The van der Waals surface area contributed by atoms with E-state index in [2.05, 4.69) is 117 Å². The number of dihydropyridines is 1. The molecule has 2 spiro atoms. The highest BCUT2D eigenvalue weighted by atomic mass is 16.4. The van der Waals surface area contributed by atoms with Gasteiger partial charge in [0.15, 0.2) is 0 Å². The molecule has 6 heterocycles. The van der Waals surface area contributed by atoms with E-state index in [9.17, 15) is 20.1 Å². The van der Waals surface area contributed by atoms with E-state index in [-0.39, 0.29) is 50.9 Å². The summed E-state index contributed by atoms with van der Waals surface area (Å²) in [5, 5.41) is 47.9. The van der Waals surface area contributed by atoms with Crippen LogP contribution in [0.3, 0.4) is 0 Å². The summed E-state index contributed by atoms with van der Waals surface area (Å²) in [5.41, 5.74) is 11.5. The minimum absolute atomic E-state index is 0.135. The first-order chi connectivity index (χ1) is 36.7. The average Bonchev–Trinajstić information content (AvgIpc) is 4.19. The zero-order valence-corrected chi connectivity index (χ0v) is 46.7. The van der Waals surface area contributed by atoms with Gasteiger partial charge in [-0.3, -0.25) is 4.79 Å². The SMILES string of the molecule is C=C1CCC(C(=O)O)C2C(O)CC3(C4CCCC4)C4=C(CCC23C)C23CCC(O)C5(C)CC=C(CC(C)C)C(C=C6C(=c7ccccc7=CC62)Cc2cccc(c2)C2=CC=C(NCCCC1C1CCCCC1)NC2)(C4)C53. The summed E-state index contributed by atoms with van der Waals surface area (Å²) in [6, 6.07) is 18.7. The molecular formula is C70H90N2O4. The lowest BCUT2D eigenvalue weighted by atomic mass is 9.29. The highest BCUT2D eigenvalue weighted by Gasteiger charge is 2.76. The van der Waals surface area contributed by atoms with Gasteiger partial charge in [0.25, 0.3) is 0 Å². The molecule has 14 bridgehead atoms. The van der Waals surface area contributed by atoms with E-state index in [1.165, 1.54) is 88.8 Å². The summed E-state index contributed by atoms with van der Waals surface area (Å²) < 4.78 is 0. The van der Waals surface area contributed by atoms with Crippen molar-refractivity contribution in [3.8, 4) is 0 Å². The van der Waals surface area contributed by atoms with Gasteiger partial charge in [0.1, 0.15) is 0 Å². The van der Waals surface area contributed by atoms with Crippen LogP contribution in [0.5, 0.6) is 0 Å². The van der Waals surface area contributed by atoms with Crippen LogP contribution < -0.4 is 21.1 Å². The molecule has 2 aromatic carbocycles. The Morgan fingerprint density at radius 3 is 2.43 bits per heavy atom. The number of allylic oxidation sites excluding steroid dienone is 9. The van der Waals surface area contributed by atoms with Crippen molar-refractivity contribution in [2.45, 2.75) is 181 Å². The van der Waals surface area contributed by atoms with Gasteiger partial charge in [-0.15, -0.1) is 0 Å². The predicted octanol–water partition coefficient (Wildman–Crippen LogP) is 13.1. The van der Waals surface area contributed by atoms with Gasteiger partial charge >= 0.3 is 5.97 Å². The fraction of sp³-hybridized carbons (Fsp3) is 0.614. The number of nitrogens with one attached hydrogen (secondary N) is 2. The molecule has 404 valence electrons. The molecular weight excluding hydrogens is 933 g/mol. The Bertz CT molecular complexity index is 2980. The Labute approximate surface area is 455 Å². The normalized spacial score (nSPS) is 39.4. The second-order valence-electron chi connectivity index (χ2n) is 27.9. The Morgan fingerprint density at radius 2 is 1.66 bits per heavy atom. The second-order valence-corrected chi connectivity index (χ2v) is 27.9. The first-order valence-corrected chi connectivity index (χ1v) is 30.9. The number of aliphatic hydroxyl groups is 2. The molecule has 76 heavy (non-hydrogen) atoms. The van der Waals surface area contributed by atoms with Crippen LogP contribution in [0, 0.1) is 74.4 Å². The van der Waals surface area contributed by atoms with E-state index in [0.29, 0.717) is 42.9 Å². The minimum Gasteiger partial charge on any atom is -0.481 e. The molecule has 5 N–H and O–H groups in total. The monoisotopic (exact) mass is 1020 g/mol. The van der Waals surface area contributed by atoms with Gasteiger partial charge < -0.3 is 26.0 Å². The largest absolute Gasteiger partial charge is 0.481 e. The Hall–Kier alpha value is -4.39. The number of aliphatic carboxylic acids is 1. The molecule has 12 atom stereocenters. The zero-order chi connectivity index (χ0) is 52.4. The Balaban J connectivity index is 1.04. The van der Waals surface area contributed by atoms with Gasteiger partial charge in [0.05, 0.1) is 23.9 Å². The zero-order valence-electron chi connectivity index (χ0n) is 46.7. The predicted molar refractivity (Wildman–Crippen MR) is 307 cm³/mol. The number of carboxylic acids is 1. The van der Waals surface area contributed by atoms with Gasteiger partial charge in [-0.1, -0.05) is 162 Å². The lowest BCUT2D eigenvalue weighted by Crippen LogP contribution is -2.69. The van der Waals surface area contributed by atoms with Crippen LogP contribution in [0.4, 0.5) is 0 Å².